The highest BCUT2D eigenvalue weighted by Gasteiger charge is 2.41. The highest BCUT2D eigenvalue weighted by molar-refractivity contribution is 7.92. The Morgan fingerprint density at radius 1 is 0.971 bits per heavy atom. The summed E-state index contributed by atoms with van der Waals surface area (Å²) in [6.07, 6.45) is 0.753. The SMILES string of the molecule is CCOC(=O)C1CCN(Cc2ccccc2)C(S(=O)(=O)c2ccc(Oc3ccc(Cl)cc3)cc2)C1. The van der Waals surface area contributed by atoms with Crippen LogP contribution in [0.1, 0.15) is 25.3 Å². The summed E-state index contributed by atoms with van der Waals surface area (Å²) in [7, 11) is -3.76. The lowest BCUT2D eigenvalue weighted by Crippen LogP contribution is -2.48. The number of benzene rings is 3. The van der Waals surface area contributed by atoms with Crippen LogP contribution < -0.4 is 4.74 Å². The van der Waals surface area contributed by atoms with Gasteiger partial charge in [-0.25, -0.2) is 8.42 Å². The molecule has 0 N–H and O–H groups in total. The van der Waals surface area contributed by atoms with E-state index in [1.807, 2.05) is 35.2 Å². The quantitative estimate of drug-likeness (QED) is 0.359. The number of likely N-dealkylation sites (tertiary alicyclic amines) is 1. The van der Waals surface area contributed by atoms with Gasteiger partial charge in [0.2, 0.25) is 0 Å². The molecule has 0 aromatic heterocycles. The van der Waals surface area contributed by atoms with Crippen molar-refractivity contribution in [2.24, 2.45) is 5.92 Å². The molecule has 0 bridgehead atoms. The van der Waals surface area contributed by atoms with Crippen LogP contribution in [-0.2, 0) is 25.9 Å². The van der Waals surface area contributed by atoms with Crippen molar-refractivity contribution in [1.29, 1.82) is 0 Å². The summed E-state index contributed by atoms with van der Waals surface area (Å²) in [6, 6.07) is 23.0. The molecule has 3 aromatic rings. The number of rotatable bonds is 8. The third-order valence-corrected chi connectivity index (χ3v) is 8.45. The van der Waals surface area contributed by atoms with Gasteiger partial charge in [-0.3, -0.25) is 9.69 Å². The van der Waals surface area contributed by atoms with E-state index in [1.165, 1.54) is 0 Å². The number of halogens is 1. The summed E-state index contributed by atoms with van der Waals surface area (Å²) < 4.78 is 38.5. The fraction of sp³-hybridized carbons (Fsp3) is 0.296. The van der Waals surface area contributed by atoms with Crippen molar-refractivity contribution in [1.82, 2.24) is 4.90 Å². The number of hydrogen-bond donors (Lipinski definition) is 0. The minimum atomic E-state index is -3.76. The molecule has 0 spiro atoms. The normalized spacial score (nSPS) is 18.7. The van der Waals surface area contributed by atoms with Crippen molar-refractivity contribution < 1.29 is 22.7 Å². The molecule has 1 fully saturated rings. The summed E-state index contributed by atoms with van der Waals surface area (Å²) in [6.45, 7) is 3.00. The van der Waals surface area contributed by atoms with E-state index in [9.17, 15) is 13.2 Å². The van der Waals surface area contributed by atoms with Gasteiger partial charge in [-0.2, -0.15) is 0 Å². The Balaban J connectivity index is 1.57. The first-order valence-electron chi connectivity index (χ1n) is 11.6. The van der Waals surface area contributed by atoms with Gasteiger partial charge in [0.15, 0.2) is 9.84 Å². The van der Waals surface area contributed by atoms with Gasteiger partial charge in [0.05, 0.1) is 17.4 Å². The van der Waals surface area contributed by atoms with Gasteiger partial charge in [-0.05, 0) is 73.9 Å². The fourth-order valence-electron chi connectivity index (χ4n) is 4.27. The second-order valence-corrected chi connectivity index (χ2v) is 11.0. The van der Waals surface area contributed by atoms with Gasteiger partial charge in [0.1, 0.15) is 16.9 Å². The smallest absolute Gasteiger partial charge is 0.309 e. The summed E-state index contributed by atoms with van der Waals surface area (Å²) in [5, 5.41) is -0.235. The van der Waals surface area contributed by atoms with Crippen molar-refractivity contribution in [2.75, 3.05) is 13.2 Å². The van der Waals surface area contributed by atoms with Crippen LogP contribution in [0, 0.1) is 5.92 Å². The minimum Gasteiger partial charge on any atom is -0.466 e. The summed E-state index contributed by atoms with van der Waals surface area (Å²) in [5.74, 6) is 0.331. The van der Waals surface area contributed by atoms with E-state index in [-0.39, 0.29) is 23.9 Å². The standard InChI is InChI=1S/C27H28ClNO5S/c1-2-33-27(30)21-16-17-29(19-20-6-4-3-5-7-20)26(18-21)35(31,32)25-14-12-24(13-15-25)34-23-10-8-22(28)9-11-23/h3-15,21,26H,2,16-19H2,1H3. The first-order chi connectivity index (χ1) is 16.9. The lowest BCUT2D eigenvalue weighted by Gasteiger charge is -2.38. The van der Waals surface area contributed by atoms with Crippen molar-refractivity contribution in [2.45, 2.75) is 36.6 Å². The molecule has 35 heavy (non-hydrogen) atoms. The first kappa shape index (κ1) is 25.2. The van der Waals surface area contributed by atoms with Crippen molar-refractivity contribution in [3.05, 3.63) is 89.4 Å². The Labute approximate surface area is 211 Å². The maximum Gasteiger partial charge on any atom is 0.309 e. The van der Waals surface area contributed by atoms with Crippen LogP contribution in [0.5, 0.6) is 11.5 Å². The Bertz CT molecular complexity index is 1230. The molecule has 0 amide bonds. The average molecular weight is 514 g/mol. The number of piperidine rings is 1. The summed E-state index contributed by atoms with van der Waals surface area (Å²) in [5.41, 5.74) is 1.02. The average Bonchev–Trinajstić information content (AvgIpc) is 2.87. The summed E-state index contributed by atoms with van der Waals surface area (Å²) >= 11 is 5.91. The Hall–Kier alpha value is -2.87. The largest absolute Gasteiger partial charge is 0.466 e. The maximum atomic E-state index is 13.8. The predicted octanol–water partition coefficient (Wildman–Crippen LogP) is 5.71. The zero-order valence-corrected chi connectivity index (χ0v) is 21.0. The van der Waals surface area contributed by atoms with E-state index >= 15 is 0 Å². The molecular formula is C27H28ClNO5S. The second-order valence-electron chi connectivity index (χ2n) is 8.46. The molecule has 6 nitrogen and oxygen atoms in total. The van der Waals surface area contributed by atoms with E-state index in [0.29, 0.717) is 36.0 Å². The van der Waals surface area contributed by atoms with Crippen molar-refractivity contribution in [3.8, 4) is 11.5 Å². The van der Waals surface area contributed by atoms with E-state index in [4.69, 9.17) is 21.1 Å². The third-order valence-electron chi connectivity index (χ3n) is 6.07. The topological polar surface area (TPSA) is 72.9 Å². The molecule has 1 heterocycles. The molecule has 1 saturated heterocycles. The molecule has 0 aliphatic carbocycles. The molecule has 2 atom stereocenters. The number of carbonyl (C=O) groups excluding carboxylic acids is 1. The Morgan fingerprint density at radius 3 is 2.23 bits per heavy atom. The fourth-order valence-corrected chi connectivity index (χ4v) is 6.28. The molecule has 3 aromatic carbocycles. The van der Waals surface area contributed by atoms with Crippen LogP contribution in [0.4, 0.5) is 0 Å². The number of esters is 1. The zero-order valence-electron chi connectivity index (χ0n) is 19.5. The van der Waals surface area contributed by atoms with Crippen molar-refractivity contribution >= 4 is 27.4 Å². The van der Waals surface area contributed by atoms with Crippen LogP contribution in [0.15, 0.2) is 83.8 Å². The van der Waals surface area contributed by atoms with E-state index in [0.717, 1.165) is 5.56 Å². The summed E-state index contributed by atoms with van der Waals surface area (Å²) in [4.78, 5) is 14.6. The van der Waals surface area contributed by atoms with Gasteiger partial charge in [0, 0.05) is 18.1 Å². The molecule has 0 radical (unpaired) electrons. The molecule has 2 unspecified atom stereocenters. The number of ether oxygens (including phenoxy) is 2. The minimum absolute atomic E-state index is 0.188. The molecule has 8 heteroatoms. The van der Waals surface area contributed by atoms with Gasteiger partial charge in [-0.15, -0.1) is 0 Å². The van der Waals surface area contributed by atoms with Gasteiger partial charge in [-0.1, -0.05) is 41.9 Å². The van der Waals surface area contributed by atoms with Crippen LogP contribution in [0.3, 0.4) is 0 Å². The third kappa shape index (κ3) is 6.23. The molecule has 0 saturated carbocycles. The molecule has 1 aliphatic rings. The van der Waals surface area contributed by atoms with Gasteiger partial charge in [0.25, 0.3) is 0 Å². The highest BCUT2D eigenvalue weighted by atomic mass is 35.5. The first-order valence-corrected chi connectivity index (χ1v) is 13.5. The number of sulfone groups is 1. The van der Waals surface area contributed by atoms with Gasteiger partial charge >= 0.3 is 5.97 Å². The monoisotopic (exact) mass is 513 g/mol. The number of nitrogens with zero attached hydrogens (tertiary/aromatic N) is 1. The lowest BCUT2D eigenvalue weighted by atomic mass is 9.96. The van der Waals surface area contributed by atoms with E-state index in [2.05, 4.69) is 0 Å². The van der Waals surface area contributed by atoms with E-state index in [1.54, 1.807) is 55.5 Å². The lowest BCUT2D eigenvalue weighted by molar-refractivity contribution is -0.149. The number of hydrogen-bond acceptors (Lipinski definition) is 6. The van der Waals surface area contributed by atoms with Crippen LogP contribution >= 0.6 is 11.6 Å². The van der Waals surface area contributed by atoms with Crippen LogP contribution in [0.2, 0.25) is 5.02 Å². The molecule has 184 valence electrons. The van der Waals surface area contributed by atoms with Gasteiger partial charge < -0.3 is 9.47 Å². The predicted molar refractivity (Wildman–Crippen MR) is 135 cm³/mol. The Morgan fingerprint density at radius 2 is 1.60 bits per heavy atom. The second kappa shape index (κ2) is 11.2. The Kier molecular flexibility index (Phi) is 8.11. The van der Waals surface area contributed by atoms with Crippen molar-refractivity contribution in [3.63, 3.8) is 0 Å². The molecule has 1 aliphatic heterocycles. The zero-order chi connectivity index (χ0) is 24.8. The van der Waals surface area contributed by atoms with Crippen LogP contribution in [-0.4, -0.2) is 37.8 Å². The van der Waals surface area contributed by atoms with E-state index < -0.39 is 21.1 Å². The number of carbonyl (C=O) groups is 1. The highest BCUT2D eigenvalue weighted by Crippen LogP contribution is 2.33. The maximum absolute atomic E-state index is 13.8. The molecular weight excluding hydrogens is 486 g/mol. The molecule has 4 rings (SSSR count). The van der Waals surface area contributed by atoms with Crippen LogP contribution in [0.25, 0.3) is 0 Å².